The van der Waals surface area contributed by atoms with Crippen LogP contribution in [0, 0.1) is 0 Å². The molecule has 0 spiro atoms. The van der Waals surface area contributed by atoms with Crippen molar-refractivity contribution in [1.82, 2.24) is 10.2 Å². The number of ether oxygens (including phenoxy) is 1. The van der Waals surface area contributed by atoms with Crippen molar-refractivity contribution in [2.75, 3.05) is 26.2 Å². The van der Waals surface area contributed by atoms with Crippen molar-refractivity contribution in [3.05, 3.63) is 0 Å². The highest BCUT2D eigenvalue weighted by atomic mass is 16.6. The molecule has 13 heavy (non-hydrogen) atoms. The maximum Gasteiger partial charge on any atom is 0.410 e. The third kappa shape index (κ3) is 2.59. The van der Waals surface area contributed by atoms with E-state index in [1.807, 2.05) is 13.8 Å². The van der Waals surface area contributed by atoms with Gasteiger partial charge in [-0.05, 0) is 26.8 Å². The third-order valence-electron chi connectivity index (χ3n) is 2.32. The predicted molar refractivity (Wildman–Crippen MR) is 50.7 cm³/mol. The molecule has 0 radical (unpaired) electrons. The van der Waals surface area contributed by atoms with Crippen molar-refractivity contribution in [1.29, 1.82) is 0 Å². The zero-order valence-electron chi connectivity index (χ0n) is 8.38. The van der Waals surface area contributed by atoms with Gasteiger partial charge in [-0.3, -0.25) is 0 Å². The Bertz CT molecular complexity index is 167. The molecule has 0 bridgehead atoms. The second-order valence-electron chi connectivity index (χ2n) is 3.13. The number of likely N-dealkylation sites (N-methyl/N-ethyl adjacent to an activating group) is 1. The molecule has 1 aliphatic rings. The van der Waals surface area contributed by atoms with Crippen LogP contribution in [0.5, 0.6) is 0 Å². The van der Waals surface area contributed by atoms with Crippen LogP contribution in [0.3, 0.4) is 0 Å². The number of carbonyl (C=O) groups excluding carboxylic acids is 1. The molecule has 1 amide bonds. The molecule has 1 unspecified atom stereocenters. The molecule has 4 heteroatoms. The van der Waals surface area contributed by atoms with E-state index in [2.05, 4.69) is 5.32 Å². The molecule has 1 rings (SSSR count). The van der Waals surface area contributed by atoms with Crippen molar-refractivity contribution in [3.8, 4) is 0 Å². The van der Waals surface area contributed by atoms with Gasteiger partial charge in [0.05, 0.1) is 6.61 Å². The van der Waals surface area contributed by atoms with Crippen LogP contribution in [0.1, 0.15) is 20.3 Å². The minimum Gasteiger partial charge on any atom is -0.450 e. The Labute approximate surface area is 79.2 Å². The first-order valence-corrected chi connectivity index (χ1v) is 4.93. The molecule has 1 aliphatic heterocycles. The van der Waals surface area contributed by atoms with Crippen LogP contribution in [0.4, 0.5) is 4.79 Å². The van der Waals surface area contributed by atoms with Gasteiger partial charge in [-0.15, -0.1) is 0 Å². The molecule has 0 aromatic rings. The molecule has 1 fully saturated rings. The first kappa shape index (κ1) is 10.3. The molecule has 1 N–H and O–H groups in total. The predicted octanol–water partition coefficient (Wildman–Crippen LogP) is 0.827. The van der Waals surface area contributed by atoms with Gasteiger partial charge in [0, 0.05) is 19.1 Å². The quantitative estimate of drug-likeness (QED) is 0.709. The van der Waals surface area contributed by atoms with Crippen LogP contribution < -0.4 is 5.32 Å². The minimum absolute atomic E-state index is 0.182. The lowest BCUT2D eigenvalue weighted by atomic mass is 10.2. The lowest BCUT2D eigenvalue weighted by Crippen LogP contribution is -2.41. The molecule has 0 saturated carbocycles. The smallest absolute Gasteiger partial charge is 0.410 e. The summed E-state index contributed by atoms with van der Waals surface area (Å²) in [4.78, 5) is 13.2. The summed E-state index contributed by atoms with van der Waals surface area (Å²) in [5, 5.41) is 3.23. The average molecular weight is 186 g/mol. The van der Waals surface area contributed by atoms with Crippen LogP contribution in [-0.4, -0.2) is 43.3 Å². The molecular weight excluding hydrogens is 168 g/mol. The van der Waals surface area contributed by atoms with Crippen molar-refractivity contribution >= 4 is 6.09 Å². The van der Waals surface area contributed by atoms with E-state index in [1.54, 1.807) is 4.90 Å². The molecule has 1 heterocycles. The first-order valence-electron chi connectivity index (χ1n) is 4.93. The van der Waals surface area contributed by atoms with Crippen molar-refractivity contribution in [2.24, 2.45) is 0 Å². The summed E-state index contributed by atoms with van der Waals surface area (Å²) in [5.74, 6) is 0. The fourth-order valence-corrected chi connectivity index (χ4v) is 1.65. The standard InChI is InChI=1S/C9H18N2O2/c1-3-11(9(12)13-4-2)8-5-6-10-7-8/h8,10H,3-7H2,1-2H3. The lowest BCUT2D eigenvalue weighted by Gasteiger charge is -2.25. The Kier molecular flexibility index (Phi) is 4.02. The zero-order chi connectivity index (χ0) is 9.68. The molecular formula is C9H18N2O2. The van der Waals surface area contributed by atoms with Gasteiger partial charge in [0.15, 0.2) is 0 Å². The molecule has 1 saturated heterocycles. The number of hydrogen-bond acceptors (Lipinski definition) is 3. The van der Waals surface area contributed by atoms with Crippen molar-refractivity contribution < 1.29 is 9.53 Å². The normalized spacial score (nSPS) is 21.5. The number of carbonyl (C=O) groups is 1. The van der Waals surface area contributed by atoms with Crippen LogP contribution >= 0.6 is 0 Å². The first-order chi connectivity index (χ1) is 6.29. The Hall–Kier alpha value is -0.770. The van der Waals surface area contributed by atoms with E-state index in [4.69, 9.17) is 4.74 Å². The summed E-state index contributed by atoms with van der Waals surface area (Å²) in [6.45, 7) is 6.89. The Morgan fingerprint density at radius 2 is 2.38 bits per heavy atom. The van der Waals surface area contributed by atoms with Gasteiger partial charge in [-0.2, -0.15) is 0 Å². The van der Waals surface area contributed by atoms with E-state index < -0.39 is 0 Å². The molecule has 0 aliphatic carbocycles. The molecule has 0 aromatic carbocycles. The molecule has 1 atom stereocenters. The van der Waals surface area contributed by atoms with Crippen LogP contribution in [0.25, 0.3) is 0 Å². The van der Waals surface area contributed by atoms with Crippen molar-refractivity contribution in [2.45, 2.75) is 26.3 Å². The van der Waals surface area contributed by atoms with Crippen LogP contribution in [0.15, 0.2) is 0 Å². The number of amides is 1. The fraction of sp³-hybridized carbons (Fsp3) is 0.889. The molecule has 76 valence electrons. The van der Waals surface area contributed by atoms with E-state index in [-0.39, 0.29) is 6.09 Å². The van der Waals surface area contributed by atoms with Gasteiger partial charge in [-0.1, -0.05) is 0 Å². The van der Waals surface area contributed by atoms with Crippen molar-refractivity contribution in [3.63, 3.8) is 0 Å². The van der Waals surface area contributed by atoms with Gasteiger partial charge in [0.2, 0.25) is 0 Å². The van der Waals surface area contributed by atoms with Crippen LogP contribution in [0.2, 0.25) is 0 Å². The van der Waals surface area contributed by atoms with Gasteiger partial charge >= 0.3 is 6.09 Å². The summed E-state index contributed by atoms with van der Waals surface area (Å²) >= 11 is 0. The monoisotopic (exact) mass is 186 g/mol. The molecule has 0 aromatic heterocycles. The highest BCUT2D eigenvalue weighted by Gasteiger charge is 2.25. The maximum absolute atomic E-state index is 11.4. The summed E-state index contributed by atoms with van der Waals surface area (Å²) in [6, 6.07) is 0.323. The second-order valence-corrected chi connectivity index (χ2v) is 3.13. The summed E-state index contributed by atoms with van der Waals surface area (Å²) in [5.41, 5.74) is 0. The average Bonchev–Trinajstić information content (AvgIpc) is 2.59. The SMILES string of the molecule is CCOC(=O)N(CC)C1CCNC1. The zero-order valence-corrected chi connectivity index (χ0v) is 8.38. The van der Waals surface area contributed by atoms with Crippen LogP contribution in [-0.2, 0) is 4.74 Å². The summed E-state index contributed by atoms with van der Waals surface area (Å²) in [7, 11) is 0. The van der Waals surface area contributed by atoms with E-state index >= 15 is 0 Å². The van der Waals surface area contributed by atoms with E-state index in [0.717, 1.165) is 26.1 Å². The van der Waals surface area contributed by atoms with E-state index in [0.29, 0.717) is 12.6 Å². The summed E-state index contributed by atoms with van der Waals surface area (Å²) in [6.07, 6.45) is 0.853. The fourth-order valence-electron chi connectivity index (χ4n) is 1.65. The number of nitrogens with one attached hydrogen (secondary N) is 1. The number of hydrogen-bond donors (Lipinski definition) is 1. The highest BCUT2D eigenvalue weighted by Crippen LogP contribution is 2.09. The van der Waals surface area contributed by atoms with E-state index in [9.17, 15) is 4.79 Å². The second kappa shape index (κ2) is 5.07. The number of nitrogens with zero attached hydrogens (tertiary/aromatic N) is 1. The van der Waals surface area contributed by atoms with Gasteiger partial charge in [0.1, 0.15) is 0 Å². The minimum atomic E-state index is -0.182. The Balaban J connectivity index is 2.44. The molecule has 4 nitrogen and oxygen atoms in total. The van der Waals surface area contributed by atoms with Gasteiger partial charge in [-0.25, -0.2) is 4.79 Å². The lowest BCUT2D eigenvalue weighted by molar-refractivity contribution is 0.0956. The van der Waals surface area contributed by atoms with E-state index in [1.165, 1.54) is 0 Å². The van der Waals surface area contributed by atoms with Gasteiger partial charge in [0.25, 0.3) is 0 Å². The highest BCUT2D eigenvalue weighted by molar-refractivity contribution is 5.68. The summed E-state index contributed by atoms with van der Waals surface area (Å²) < 4.78 is 4.97. The number of rotatable bonds is 3. The topological polar surface area (TPSA) is 41.6 Å². The Morgan fingerprint density at radius 1 is 1.62 bits per heavy atom. The maximum atomic E-state index is 11.4. The largest absolute Gasteiger partial charge is 0.450 e. The van der Waals surface area contributed by atoms with Gasteiger partial charge < -0.3 is 15.0 Å². The Morgan fingerprint density at radius 3 is 2.85 bits per heavy atom. The third-order valence-corrected chi connectivity index (χ3v) is 2.32.